The number of alkyl halides is 3. The standard InChI is InChI=1S/C19H13ClF3N3O4/c20-13-6-3-5-12(19(21,22)23)17(13)25-15(27)9-30-16(28)8-26-10-24-14-7-2-1-4-11(14)18(26)29/h1-7,10H,8-9H2,(H,25,27). The first kappa shape index (κ1) is 21.3. The van der Waals surface area contributed by atoms with Gasteiger partial charge in [0.15, 0.2) is 6.61 Å². The summed E-state index contributed by atoms with van der Waals surface area (Å²) in [5, 5.41) is 1.97. The Bertz CT molecular complexity index is 1180. The van der Waals surface area contributed by atoms with Gasteiger partial charge in [-0.25, -0.2) is 4.98 Å². The van der Waals surface area contributed by atoms with E-state index in [1.807, 2.05) is 5.32 Å². The number of nitrogens with one attached hydrogen (secondary N) is 1. The number of rotatable bonds is 5. The number of fused-ring (bicyclic) bond motifs is 1. The van der Waals surface area contributed by atoms with Crippen LogP contribution in [0.5, 0.6) is 0 Å². The van der Waals surface area contributed by atoms with Crippen molar-refractivity contribution in [2.45, 2.75) is 12.7 Å². The third-order valence-electron chi connectivity index (χ3n) is 3.98. The van der Waals surface area contributed by atoms with E-state index in [1.54, 1.807) is 24.3 Å². The van der Waals surface area contributed by atoms with Crippen LogP contribution in [0.3, 0.4) is 0 Å². The number of carbonyl (C=O) groups excluding carboxylic acids is 2. The lowest BCUT2D eigenvalue weighted by Gasteiger charge is -2.15. The summed E-state index contributed by atoms with van der Waals surface area (Å²) in [6.07, 6.45) is -3.58. The van der Waals surface area contributed by atoms with Crippen molar-refractivity contribution in [1.82, 2.24) is 9.55 Å². The van der Waals surface area contributed by atoms with Crippen LogP contribution in [0.4, 0.5) is 18.9 Å². The number of amides is 1. The second kappa shape index (κ2) is 8.54. The molecule has 0 radical (unpaired) electrons. The Hall–Kier alpha value is -3.40. The van der Waals surface area contributed by atoms with Crippen LogP contribution in [0.25, 0.3) is 10.9 Å². The van der Waals surface area contributed by atoms with E-state index in [1.165, 1.54) is 6.07 Å². The molecule has 30 heavy (non-hydrogen) atoms. The molecule has 0 aliphatic carbocycles. The molecule has 0 bridgehead atoms. The number of ether oxygens (including phenoxy) is 1. The second-order valence-electron chi connectivity index (χ2n) is 6.06. The summed E-state index contributed by atoms with van der Waals surface area (Å²) in [5.74, 6) is -1.97. The average Bonchev–Trinajstić information content (AvgIpc) is 2.69. The normalized spacial score (nSPS) is 11.3. The molecule has 3 rings (SSSR count). The van der Waals surface area contributed by atoms with Crippen molar-refractivity contribution in [2.75, 3.05) is 11.9 Å². The molecule has 1 heterocycles. The highest BCUT2D eigenvalue weighted by molar-refractivity contribution is 6.34. The van der Waals surface area contributed by atoms with Gasteiger partial charge in [-0.15, -0.1) is 0 Å². The molecule has 0 saturated heterocycles. The average molecular weight is 440 g/mol. The Labute approximate surface area is 172 Å². The number of carbonyl (C=O) groups is 2. The quantitative estimate of drug-likeness (QED) is 0.616. The van der Waals surface area contributed by atoms with E-state index in [0.717, 1.165) is 23.0 Å². The number of esters is 1. The molecule has 0 saturated carbocycles. The molecule has 0 aliphatic rings. The highest BCUT2D eigenvalue weighted by Crippen LogP contribution is 2.38. The van der Waals surface area contributed by atoms with Gasteiger partial charge in [-0.2, -0.15) is 13.2 Å². The monoisotopic (exact) mass is 439 g/mol. The summed E-state index contributed by atoms with van der Waals surface area (Å²) in [6.45, 7) is -1.39. The molecule has 1 aromatic heterocycles. The lowest BCUT2D eigenvalue weighted by atomic mass is 10.1. The molecule has 0 aliphatic heterocycles. The van der Waals surface area contributed by atoms with E-state index in [-0.39, 0.29) is 5.02 Å². The van der Waals surface area contributed by atoms with Crippen molar-refractivity contribution in [2.24, 2.45) is 0 Å². The van der Waals surface area contributed by atoms with Gasteiger partial charge in [0.2, 0.25) is 0 Å². The third kappa shape index (κ3) is 4.77. The van der Waals surface area contributed by atoms with Crippen LogP contribution in [-0.4, -0.2) is 28.0 Å². The molecule has 0 atom stereocenters. The Morgan fingerprint density at radius 1 is 1.13 bits per heavy atom. The van der Waals surface area contributed by atoms with Gasteiger partial charge in [0.25, 0.3) is 11.5 Å². The van der Waals surface area contributed by atoms with Gasteiger partial charge in [-0.3, -0.25) is 19.0 Å². The number of hydrogen-bond acceptors (Lipinski definition) is 5. The minimum Gasteiger partial charge on any atom is -0.454 e. The molecule has 2 aromatic carbocycles. The molecule has 3 aromatic rings. The maximum Gasteiger partial charge on any atom is 0.418 e. The number of anilines is 1. The van der Waals surface area contributed by atoms with Crippen LogP contribution in [0.2, 0.25) is 5.02 Å². The summed E-state index contributed by atoms with van der Waals surface area (Å²) in [4.78, 5) is 40.3. The van der Waals surface area contributed by atoms with Crippen LogP contribution in [0.1, 0.15) is 5.56 Å². The molecular formula is C19H13ClF3N3O4. The fraction of sp³-hybridized carbons (Fsp3) is 0.158. The Morgan fingerprint density at radius 3 is 2.60 bits per heavy atom. The van der Waals surface area contributed by atoms with Gasteiger partial charge in [0.05, 0.1) is 33.5 Å². The maximum absolute atomic E-state index is 13.1. The lowest BCUT2D eigenvalue weighted by molar-refractivity contribution is -0.148. The zero-order chi connectivity index (χ0) is 21.9. The zero-order valence-corrected chi connectivity index (χ0v) is 15.8. The van der Waals surface area contributed by atoms with Crippen molar-refractivity contribution in [3.63, 3.8) is 0 Å². The smallest absolute Gasteiger partial charge is 0.418 e. The van der Waals surface area contributed by atoms with Gasteiger partial charge in [0, 0.05) is 0 Å². The summed E-state index contributed by atoms with van der Waals surface area (Å²) < 4.78 is 44.9. The molecular weight excluding hydrogens is 427 g/mol. The van der Waals surface area contributed by atoms with Crippen LogP contribution < -0.4 is 10.9 Å². The summed E-state index contributed by atoms with van der Waals surface area (Å²) in [7, 11) is 0. The van der Waals surface area contributed by atoms with E-state index in [0.29, 0.717) is 10.9 Å². The topological polar surface area (TPSA) is 90.3 Å². The first-order valence-corrected chi connectivity index (χ1v) is 8.80. The Kier molecular flexibility index (Phi) is 6.06. The SMILES string of the molecule is O=C(COC(=O)Cn1cnc2ccccc2c1=O)Nc1c(Cl)cccc1C(F)(F)F. The number of aromatic nitrogens is 2. The van der Waals surface area contributed by atoms with Crippen molar-refractivity contribution < 1.29 is 27.5 Å². The van der Waals surface area contributed by atoms with E-state index in [9.17, 15) is 27.6 Å². The van der Waals surface area contributed by atoms with Crippen molar-refractivity contribution in [1.29, 1.82) is 0 Å². The van der Waals surface area contributed by atoms with E-state index >= 15 is 0 Å². The van der Waals surface area contributed by atoms with Crippen LogP contribution in [0.15, 0.2) is 53.6 Å². The lowest BCUT2D eigenvalue weighted by Crippen LogP contribution is -2.28. The van der Waals surface area contributed by atoms with Crippen molar-refractivity contribution in [3.8, 4) is 0 Å². The number of hydrogen-bond donors (Lipinski definition) is 1. The second-order valence-corrected chi connectivity index (χ2v) is 6.47. The molecule has 0 unspecified atom stereocenters. The van der Waals surface area contributed by atoms with Gasteiger partial charge in [-0.1, -0.05) is 29.8 Å². The van der Waals surface area contributed by atoms with Crippen LogP contribution >= 0.6 is 11.6 Å². The zero-order valence-electron chi connectivity index (χ0n) is 15.1. The third-order valence-corrected chi connectivity index (χ3v) is 4.29. The maximum atomic E-state index is 13.1. The van der Waals surface area contributed by atoms with Crippen molar-refractivity contribution in [3.05, 3.63) is 69.7 Å². The fourth-order valence-corrected chi connectivity index (χ4v) is 2.83. The molecule has 0 fully saturated rings. The van der Waals surface area contributed by atoms with E-state index in [4.69, 9.17) is 16.3 Å². The summed E-state index contributed by atoms with van der Waals surface area (Å²) in [6, 6.07) is 9.55. The van der Waals surface area contributed by atoms with Crippen LogP contribution in [0, 0.1) is 0 Å². The molecule has 1 N–H and O–H groups in total. The van der Waals surface area contributed by atoms with Crippen molar-refractivity contribution >= 4 is 40.1 Å². The molecule has 0 spiro atoms. The Morgan fingerprint density at radius 2 is 1.87 bits per heavy atom. The predicted molar refractivity (Wildman–Crippen MR) is 102 cm³/mol. The molecule has 1 amide bonds. The molecule has 11 heteroatoms. The number of halogens is 4. The number of benzene rings is 2. The van der Waals surface area contributed by atoms with Crippen LogP contribution in [-0.2, 0) is 27.0 Å². The van der Waals surface area contributed by atoms with Gasteiger partial charge in [-0.05, 0) is 24.3 Å². The van der Waals surface area contributed by atoms with Gasteiger partial charge in [0.1, 0.15) is 6.54 Å². The fourth-order valence-electron chi connectivity index (χ4n) is 2.61. The Balaban J connectivity index is 1.64. The first-order valence-electron chi connectivity index (χ1n) is 8.42. The van der Waals surface area contributed by atoms with E-state index < -0.39 is 48.0 Å². The highest BCUT2D eigenvalue weighted by atomic mass is 35.5. The predicted octanol–water partition coefficient (Wildman–Crippen LogP) is 3.25. The first-order chi connectivity index (χ1) is 14.2. The summed E-state index contributed by atoms with van der Waals surface area (Å²) >= 11 is 5.75. The van der Waals surface area contributed by atoms with Gasteiger partial charge >= 0.3 is 12.1 Å². The highest BCUT2D eigenvalue weighted by Gasteiger charge is 2.34. The molecule has 7 nitrogen and oxygen atoms in total. The van der Waals surface area contributed by atoms with Gasteiger partial charge < -0.3 is 10.1 Å². The number of nitrogens with zero attached hydrogens (tertiary/aromatic N) is 2. The minimum atomic E-state index is -4.74. The molecule has 156 valence electrons. The number of para-hydroxylation sites is 2. The van der Waals surface area contributed by atoms with E-state index in [2.05, 4.69) is 4.98 Å². The summed E-state index contributed by atoms with van der Waals surface area (Å²) in [5.41, 5.74) is -1.80. The minimum absolute atomic E-state index is 0.295. The largest absolute Gasteiger partial charge is 0.454 e.